The molecule has 4 rings (SSSR count). The fourth-order valence-corrected chi connectivity index (χ4v) is 4.11. The number of aromatic nitrogens is 3. The molecular formula is C20H19FN4O2S. The Bertz CT molecular complexity index is 994. The van der Waals surface area contributed by atoms with E-state index in [1.165, 1.54) is 12.1 Å². The number of ether oxygens (including phenoxy) is 1. The molecule has 3 aromatic heterocycles. The molecule has 1 unspecified atom stereocenters. The van der Waals surface area contributed by atoms with Gasteiger partial charge < -0.3 is 10.1 Å². The van der Waals surface area contributed by atoms with Crippen LogP contribution in [0.15, 0.2) is 41.4 Å². The highest BCUT2D eigenvalue weighted by Gasteiger charge is 2.60. The number of nitrogens with one attached hydrogen (secondary N) is 1. The maximum atomic E-state index is 13.0. The van der Waals surface area contributed by atoms with Crippen molar-refractivity contribution >= 4 is 23.1 Å². The molecule has 1 fully saturated rings. The summed E-state index contributed by atoms with van der Waals surface area (Å²) in [5.74, 6) is 0.799. The van der Waals surface area contributed by atoms with Gasteiger partial charge in [0.1, 0.15) is 17.5 Å². The van der Waals surface area contributed by atoms with Crippen LogP contribution in [-0.4, -0.2) is 27.5 Å². The van der Waals surface area contributed by atoms with Crippen LogP contribution in [0, 0.1) is 25.6 Å². The number of carbonyl (C=O) groups excluding carboxylic acids is 1. The zero-order valence-corrected chi connectivity index (χ0v) is 16.3. The van der Waals surface area contributed by atoms with Crippen LogP contribution in [0.1, 0.15) is 23.5 Å². The van der Waals surface area contributed by atoms with Crippen LogP contribution in [0.5, 0.6) is 5.75 Å². The fraction of sp³-hybridized carbons (Fsp3) is 0.300. The molecule has 0 saturated heterocycles. The Balaban J connectivity index is 1.50. The van der Waals surface area contributed by atoms with E-state index in [-0.39, 0.29) is 11.8 Å². The van der Waals surface area contributed by atoms with Crippen molar-refractivity contribution in [2.45, 2.75) is 25.7 Å². The van der Waals surface area contributed by atoms with Gasteiger partial charge in [-0.25, -0.2) is 19.3 Å². The SMILES string of the molecule is Cc1ncc(OC[C@@]2(c3ccsc3)CC2C(=O)Nc2ccc(F)cn2)c(C)n1. The van der Waals surface area contributed by atoms with Crippen LogP contribution < -0.4 is 10.1 Å². The number of hydrogen-bond donors (Lipinski definition) is 1. The molecule has 0 spiro atoms. The number of pyridine rings is 1. The summed E-state index contributed by atoms with van der Waals surface area (Å²) in [6.07, 6.45) is 3.42. The predicted octanol–water partition coefficient (Wildman–Crippen LogP) is 3.66. The molecule has 0 radical (unpaired) electrons. The first-order valence-corrected chi connectivity index (χ1v) is 9.80. The maximum Gasteiger partial charge on any atom is 0.229 e. The maximum absolute atomic E-state index is 13.0. The van der Waals surface area contributed by atoms with E-state index in [1.54, 1.807) is 17.5 Å². The van der Waals surface area contributed by atoms with Crippen LogP contribution in [-0.2, 0) is 10.2 Å². The normalized spacial score (nSPS) is 20.6. The Morgan fingerprint density at radius 1 is 1.32 bits per heavy atom. The highest BCUT2D eigenvalue weighted by molar-refractivity contribution is 7.08. The highest BCUT2D eigenvalue weighted by Crippen LogP contribution is 2.55. The molecule has 0 aromatic carbocycles. The molecule has 0 bridgehead atoms. The van der Waals surface area contributed by atoms with E-state index in [0.717, 1.165) is 17.5 Å². The van der Waals surface area contributed by atoms with Crippen molar-refractivity contribution in [3.05, 3.63) is 64.3 Å². The summed E-state index contributed by atoms with van der Waals surface area (Å²) in [7, 11) is 0. The van der Waals surface area contributed by atoms with Crippen molar-refractivity contribution in [2.75, 3.05) is 11.9 Å². The molecule has 0 aliphatic heterocycles. The highest BCUT2D eigenvalue weighted by atomic mass is 32.1. The largest absolute Gasteiger partial charge is 0.489 e. The average molecular weight is 398 g/mol. The molecule has 3 heterocycles. The number of carbonyl (C=O) groups is 1. The third-order valence-electron chi connectivity index (χ3n) is 5.01. The number of amides is 1. The van der Waals surface area contributed by atoms with Gasteiger partial charge in [-0.2, -0.15) is 11.3 Å². The lowest BCUT2D eigenvalue weighted by Gasteiger charge is -2.18. The fourth-order valence-electron chi connectivity index (χ4n) is 3.34. The lowest BCUT2D eigenvalue weighted by atomic mass is 9.96. The molecule has 1 amide bonds. The van der Waals surface area contributed by atoms with Crippen molar-refractivity contribution in [3.8, 4) is 5.75 Å². The molecule has 1 aliphatic rings. The summed E-state index contributed by atoms with van der Waals surface area (Å²) in [5.41, 5.74) is 1.45. The van der Waals surface area contributed by atoms with E-state index in [2.05, 4.69) is 20.3 Å². The summed E-state index contributed by atoms with van der Waals surface area (Å²) in [6, 6.07) is 4.74. The zero-order valence-electron chi connectivity index (χ0n) is 15.5. The zero-order chi connectivity index (χ0) is 19.7. The van der Waals surface area contributed by atoms with Crippen molar-refractivity contribution in [1.29, 1.82) is 0 Å². The van der Waals surface area contributed by atoms with Gasteiger partial charge in [0, 0.05) is 5.41 Å². The van der Waals surface area contributed by atoms with Crippen LogP contribution in [0.4, 0.5) is 10.2 Å². The van der Waals surface area contributed by atoms with Crippen LogP contribution in [0.3, 0.4) is 0 Å². The number of nitrogens with zero attached hydrogens (tertiary/aromatic N) is 3. The van der Waals surface area contributed by atoms with Crippen molar-refractivity contribution < 1.29 is 13.9 Å². The van der Waals surface area contributed by atoms with Gasteiger partial charge in [-0.1, -0.05) is 0 Å². The van der Waals surface area contributed by atoms with Crippen LogP contribution in [0.25, 0.3) is 0 Å². The van der Waals surface area contributed by atoms with Crippen molar-refractivity contribution in [1.82, 2.24) is 15.0 Å². The molecule has 3 aromatic rings. The van der Waals surface area contributed by atoms with E-state index >= 15 is 0 Å². The molecule has 1 aliphatic carbocycles. The lowest BCUT2D eigenvalue weighted by molar-refractivity contribution is -0.117. The summed E-state index contributed by atoms with van der Waals surface area (Å²) in [6.45, 7) is 4.05. The summed E-state index contributed by atoms with van der Waals surface area (Å²) < 4.78 is 19.0. The van der Waals surface area contributed by atoms with Crippen LogP contribution >= 0.6 is 11.3 Å². The van der Waals surface area contributed by atoms with E-state index in [4.69, 9.17) is 4.74 Å². The van der Waals surface area contributed by atoms with E-state index in [0.29, 0.717) is 30.4 Å². The lowest BCUT2D eigenvalue weighted by Crippen LogP contribution is -2.26. The Hall–Kier alpha value is -2.87. The second-order valence-corrected chi connectivity index (χ2v) is 7.71. The number of thiophene rings is 1. The first-order chi connectivity index (χ1) is 13.5. The van der Waals surface area contributed by atoms with Gasteiger partial charge in [-0.3, -0.25) is 4.79 Å². The van der Waals surface area contributed by atoms with Crippen molar-refractivity contribution in [3.63, 3.8) is 0 Å². The molecule has 144 valence electrons. The average Bonchev–Trinajstić information content (AvgIpc) is 3.14. The number of halogens is 1. The minimum absolute atomic E-state index is 0.147. The Kier molecular flexibility index (Phi) is 4.80. The molecular weight excluding hydrogens is 379 g/mol. The second-order valence-electron chi connectivity index (χ2n) is 6.93. The monoisotopic (exact) mass is 398 g/mol. The van der Waals surface area contributed by atoms with Gasteiger partial charge in [0.15, 0.2) is 5.75 Å². The molecule has 1 N–H and O–H groups in total. The van der Waals surface area contributed by atoms with Gasteiger partial charge in [0.05, 0.1) is 30.6 Å². The number of anilines is 1. The Morgan fingerprint density at radius 2 is 2.18 bits per heavy atom. The van der Waals surface area contributed by atoms with E-state index in [9.17, 15) is 9.18 Å². The van der Waals surface area contributed by atoms with Crippen LogP contribution in [0.2, 0.25) is 0 Å². The predicted molar refractivity (Wildman–Crippen MR) is 104 cm³/mol. The summed E-state index contributed by atoms with van der Waals surface area (Å²) in [5, 5.41) is 6.81. The van der Waals surface area contributed by atoms with Gasteiger partial charge in [-0.05, 0) is 54.8 Å². The third-order valence-corrected chi connectivity index (χ3v) is 5.69. The summed E-state index contributed by atoms with van der Waals surface area (Å²) >= 11 is 1.59. The minimum Gasteiger partial charge on any atom is -0.489 e. The van der Waals surface area contributed by atoms with Gasteiger partial charge >= 0.3 is 0 Å². The topological polar surface area (TPSA) is 77.0 Å². The van der Waals surface area contributed by atoms with Gasteiger partial charge in [0.2, 0.25) is 5.91 Å². The number of rotatable bonds is 6. The first-order valence-electron chi connectivity index (χ1n) is 8.86. The van der Waals surface area contributed by atoms with E-state index in [1.807, 2.05) is 30.7 Å². The standard InChI is InChI=1S/C20H19FN4O2S/c1-12-17(9-22-13(2)24-12)27-11-20(14-5-6-28-10-14)7-16(20)19(26)25-18-4-3-15(21)8-23-18/h3-6,8-10,16H,7,11H2,1-2H3,(H,23,25,26)/t16?,20-/m1/s1. The van der Waals surface area contributed by atoms with Crippen molar-refractivity contribution in [2.24, 2.45) is 5.92 Å². The first kappa shape index (κ1) is 18.5. The Labute approximate surface area is 165 Å². The van der Waals surface area contributed by atoms with E-state index < -0.39 is 11.2 Å². The molecule has 1 saturated carbocycles. The number of hydrogen-bond acceptors (Lipinski definition) is 6. The second kappa shape index (κ2) is 7.27. The van der Waals surface area contributed by atoms with Gasteiger partial charge in [-0.15, -0.1) is 0 Å². The molecule has 28 heavy (non-hydrogen) atoms. The smallest absolute Gasteiger partial charge is 0.229 e. The molecule has 2 atom stereocenters. The number of aryl methyl sites for hydroxylation is 2. The van der Waals surface area contributed by atoms with Gasteiger partial charge in [0.25, 0.3) is 0 Å². The quantitative estimate of drug-likeness (QED) is 0.686. The molecule has 6 nitrogen and oxygen atoms in total. The third kappa shape index (κ3) is 3.60. The Morgan fingerprint density at radius 3 is 2.86 bits per heavy atom. The molecule has 8 heteroatoms. The summed E-state index contributed by atoms with van der Waals surface area (Å²) in [4.78, 5) is 25.2. The minimum atomic E-state index is -0.443.